The Bertz CT molecular complexity index is 838. The third-order valence-electron chi connectivity index (χ3n) is 4.02. The first-order valence-electron chi connectivity index (χ1n) is 7.76. The highest BCUT2D eigenvalue weighted by Gasteiger charge is 2.27. The Labute approximate surface area is 138 Å². The summed E-state index contributed by atoms with van der Waals surface area (Å²) in [6, 6.07) is 8.66. The number of nitrogens with two attached hydrogens (primary N) is 1. The quantitative estimate of drug-likeness (QED) is 0.866. The minimum atomic E-state index is -0.744. The van der Waals surface area contributed by atoms with Gasteiger partial charge >= 0.3 is 0 Å². The van der Waals surface area contributed by atoms with Gasteiger partial charge in [-0.1, -0.05) is 0 Å². The van der Waals surface area contributed by atoms with E-state index in [0.717, 1.165) is 18.5 Å². The molecule has 0 radical (unpaired) electrons. The van der Waals surface area contributed by atoms with Crippen molar-refractivity contribution in [3.05, 3.63) is 58.0 Å². The number of benzene rings is 1. The number of rotatable bonds is 5. The molecule has 1 aliphatic carbocycles. The predicted molar refractivity (Wildman–Crippen MR) is 88.8 cm³/mol. The van der Waals surface area contributed by atoms with Gasteiger partial charge in [0.25, 0.3) is 5.56 Å². The van der Waals surface area contributed by atoms with Gasteiger partial charge in [-0.05, 0) is 50.1 Å². The van der Waals surface area contributed by atoms with Crippen LogP contribution in [0.5, 0.6) is 0 Å². The molecule has 0 spiro atoms. The predicted octanol–water partition coefficient (Wildman–Crippen LogP) is 1.42. The zero-order valence-electron chi connectivity index (χ0n) is 13.2. The molecule has 1 fully saturated rings. The Kier molecular flexibility index (Phi) is 4.16. The lowest BCUT2D eigenvalue weighted by Crippen LogP contribution is -2.33. The van der Waals surface area contributed by atoms with Gasteiger partial charge in [0.15, 0.2) is 0 Å². The second kappa shape index (κ2) is 6.27. The lowest BCUT2D eigenvalue weighted by molar-refractivity contribution is -0.119. The largest absolute Gasteiger partial charge is 0.366 e. The normalized spacial score (nSPS) is 14.9. The molecule has 2 amide bonds. The maximum atomic E-state index is 12.4. The van der Waals surface area contributed by atoms with Crippen LogP contribution in [0, 0.1) is 0 Å². The molecule has 2 aromatic rings. The van der Waals surface area contributed by atoms with Crippen LogP contribution in [0.1, 0.15) is 47.8 Å². The molecule has 7 nitrogen and oxygen atoms in total. The maximum Gasteiger partial charge on any atom is 0.267 e. The van der Waals surface area contributed by atoms with E-state index >= 15 is 0 Å². The Morgan fingerprint density at radius 2 is 1.88 bits per heavy atom. The fourth-order valence-electron chi connectivity index (χ4n) is 2.39. The number of nitrogens with one attached hydrogen (secondary N) is 1. The summed E-state index contributed by atoms with van der Waals surface area (Å²) in [4.78, 5) is 35.4. The van der Waals surface area contributed by atoms with Crippen LogP contribution in [0.25, 0.3) is 0 Å². The highest BCUT2D eigenvalue weighted by atomic mass is 16.2. The van der Waals surface area contributed by atoms with Crippen molar-refractivity contribution in [2.45, 2.75) is 31.7 Å². The van der Waals surface area contributed by atoms with Crippen molar-refractivity contribution in [1.29, 1.82) is 0 Å². The number of hydrogen-bond donors (Lipinski definition) is 2. The molecule has 1 atom stereocenters. The van der Waals surface area contributed by atoms with Crippen LogP contribution in [-0.2, 0) is 4.79 Å². The molecule has 124 valence electrons. The zero-order chi connectivity index (χ0) is 17.3. The van der Waals surface area contributed by atoms with E-state index in [1.54, 1.807) is 25.1 Å². The molecular formula is C17H18N4O3. The lowest BCUT2D eigenvalue weighted by Gasteiger charge is -2.15. The molecule has 1 aliphatic rings. The molecule has 7 heteroatoms. The number of anilines is 1. The molecule has 0 aliphatic heterocycles. The first kappa shape index (κ1) is 15.9. The fourth-order valence-corrected chi connectivity index (χ4v) is 2.39. The zero-order valence-corrected chi connectivity index (χ0v) is 13.2. The number of primary amides is 1. The van der Waals surface area contributed by atoms with Gasteiger partial charge < -0.3 is 11.1 Å². The van der Waals surface area contributed by atoms with Gasteiger partial charge in [-0.25, -0.2) is 4.68 Å². The first-order chi connectivity index (χ1) is 11.5. The van der Waals surface area contributed by atoms with Crippen molar-refractivity contribution in [2.75, 3.05) is 5.32 Å². The summed E-state index contributed by atoms with van der Waals surface area (Å²) in [5, 5.41) is 7.02. The third-order valence-corrected chi connectivity index (χ3v) is 4.02. The highest BCUT2D eigenvalue weighted by molar-refractivity contribution is 5.95. The minimum Gasteiger partial charge on any atom is -0.366 e. The van der Waals surface area contributed by atoms with E-state index in [0.29, 0.717) is 17.2 Å². The van der Waals surface area contributed by atoms with E-state index in [9.17, 15) is 14.4 Å². The molecule has 3 N–H and O–H groups in total. The standard InChI is InChI=1S/C17H18N4O3/c1-10(21-15(22)9-8-14(20-21)11-2-3-11)17(24)19-13-6-4-12(5-7-13)16(18)23/h4-11H,2-3H2,1H3,(H2,18,23)(H,19,24). The molecule has 1 saturated carbocycles. The molecular weight excluding hydrogens is 308 g/mol. The monoisotopic (exact) mass is 326 g/mol. The summed E-state index contributed by atoms with van der Waals surface area (Å²) in [7, 11) is 0. The molecule has 1 aromatic carbocycles. The Hall–Kier alpha value is -2.96. The Morgan fingerprint density at radius 3 is 2.46 bits per heavy atom. The number of amides is 2. The van der Waals surface area contributed by atoms with E-state index in [1.807, 2.05) is 0 Å². The number of carbonyl (C=O) groups excluding carboxylic acids is 2. The van der Waals surface area contributed by atoms with Crippen LogP contribution in [0.3, 0.4) is 0 Å². The second-order valence-corrected chi connectivity index (χ2v) is 5.92. The SMILES string of the molecule is CC(C(=O)Nc1ccc(C(N)=O)cc1)n1nc(C2CC2)ccc1=O. The average molecular weight is 326 g/mol. The highest BCUT2D eigenvalue weighted by Crippen LogP contribution is 2.38. The molecule has 24 heavy (non-hydrogen) atoms. The topological polar surface area (TPSA) is 107 Å². The lowest BCUT2D eigenvalue weighted by atomic mass is 10.2. The van der Waals surface area contributed by atoms with Gasteiger partial charge in [0.1, 0.15) is 6.04 Å². The van der Waals surface area contributed by atoms with Gasteiger partial charge in [-0.3, -0.25) is 14.4 Å². The molecule has 0 bridgehead atoms. The summed E-state index contributed by atoms with van der Waals surface area (Å²) in [6.45, 7) is 1.62. The number of hydrogen-bond acceptors (Lipinski definition) is 4. The summed E-state index contributed by atoms with van der Waals surface area (Å²) in [5.41, 5.74) is 6.58. The molecule has 1 heterocycles. The van der Waals surface area contributed by atoms with Gasteiger partial charge in [0, 0.05) is 23.2 Å². The average Bonchev–Trinajstić information content (AvgIpc) is 3.40. The number of nitrogens with zero attached hydrogens (tertiary/aromatic N) is 2. The molecule has 1 aromatic heterocycles. The van der Waals surface area contributed by atoms with Crippen LogP contribution >= 0.6 is 0 Å². The minimum absolute atomic E-state index is 0.314. The Balaban J connectivity index is 1.76. The van der Waals surface area contributed by atoms with E-state index in [1.165, 1.54) is 22.9 Å². The van der Waals surface area contributed by atoms with Crippen molar-refractivity contribution in [3.63, 3.8) is 0 Å². The third kappa shape index (κ3) is 3.34. The van der Waals surface area contributed by atoms with Crippen LogP contribution in [-0.4, -0.2) is 21.6 Å². The van der Waals surface area contributed by atoms with Gasteiger partial charge in [-0.2, -0.15) is 5.10 Å². The van der Waals surface area contributed by atoms with E-state index in [-0.39, 0.29) is 11.5 Å². The summed E-state index contributed by atoms with van der Waals surface area (Å²) in [5.74, 6) is -0.494. The van der Waals surface area contributed by atoms with E-state index in [2.05, 4.69) is 10.4 Å². The van der Waals surface area contributed by atoms with Crippen molar-refractivity contribution >= 4 is 17.5 Å². The second-order valence-electron chi connectivity index (χ2n) is 5.92. The van der Waals surface area contributed by atoms with Gasteiger partial charge in [-0.15, -0.1) is 0 Å². The number of carbonyl (C=O) groups is 2. The smallest absolute Gasteiger partial charge is 0.267 e. The van der Waals surface area contributed by atoms with E-state index < -0.39 is 11.9 Å². The fraction of sp³-hybridized carbons (Fsp3) is 0.294. The summed E-state index contributed by atoms with van der Waals surface area (Å²) < 4.78 is 1.21. The van der Waals surface area contributed by atoms with Crippen LogP contribution in [0.4, 0.5) is 5.69 Å². The van der Waals surface area contributed by atoms with E-state index in [4.69, 9.17) is 5.73 Å². The molecule has 0 saturated heterocycles. The maximum absolute atomic E-state index is 12.4. The first-order valence-corrected chi connectivity index (χ1v) is 7.76. The summed E-state index contributed by atoms with van der Waals surface area (Å²) >= 11 is 0. The van der Waals surface area contributed by atoms with Crippen molar-refractivity contribution in [2.24, 2.45) is 5.73 Å². The van der Waals surface area contributed by atoms with Crippen LogP contribution in [0.2, 0.25) is 0 Å². The van der Waals surface area contributed by atoms with Crippen LogP contribution < -0.4 is 16.6 Å². The number of aromatic nitrogens is 2. The van der Waals surface area contributed by atoms with Gasteiger partial charge in [0.05, 0.1) is 5.69 Å². The van der Waals surface area contributed by atoms with Crippen molar-refractivity contribution < 1.29 is 9.59 Å². The van der Waals surface area contributed by atoms with Gasteiger partial charge in [0.2, 0.25) is 11.8 Å². The summed E-state index contributed by atoms with van der Waals surface area (Å²) in [6.07, 6.45) is 2.13. The van der Waals surface area contributed by atoms with Crippen molar-refractivity contribution in [1.82, 2.24) is 9.78 Å². The Morgan fingerprint density at radius 1 is 1.21 bits per heavy atom. The van der Waals surface area contributed by atoms with Crippen LogP contribution in [0.15, 0.2) is 41.2 Å². The van der Waals surface area contributed by atoms with Crippen molar-refractivity contribution in [3.8, 4) is 0 Å². The molecule has 3 rings (SSSR count). The molecule has 1 unspecified atom stereocenters.